The van der Waals surface area contributed by atoms with E-state index >= 15 is 0 Å². The van der Waals surface area contributed by atoms with Crippen LogP contribution in [0.25, 0.3) is 0 Å². The minimum Gasteiger partial charge on any atom is -0.480 e. The Kier molecular flexibility index (Phi) is 4.73. The molecule has 1 saturated carbocycles. The molecule has 1 aliphatic carbocycles. The fourth-order valence-electron chi connectivity index (χ4n) is 2.96. The predicted octanol–water partition coefficient (Wildman–Crippen LogP) is 0.699. The van der Waals surface area contributed by atoms with Crippen LogP contribution in [-0.4, -0.2) is 48.1 Å². The van der Waals surface area contributed by atoms with Crippen molar-refractivity contribution < 1.29 is 14.7 Å². The highest BCUT2D eigenvalue weighted by molar-refractivity contribution is 7.98. The summed E-state index contributed by atoms with van der Waals surface area (Å²) in [5.74, 6) is -0.208. The molecule has 6 heteroatoms. The summed E-state index contributed by atoms with van der Waals surface area (Å²) in [6.45, 7) is 1.94. The molecule has 3 N–H and O–H groups in total. The zero-order chi connectivity index (χ0) is 13.9. The van der Waals surface area contributed by atoms with E-state index in [9.17, 15) is 9.59 Å². The van der Waals surface area contributed by atoms with Gasteiger partial charge < -0.3 is 15.7 Å². The Labute approximate surface area is 117 Å². The molecule has 19 heavy (non-hydrogen) atoms. The number of amides is 1. The average Bonchev–Trinajstić information content (AvgIpc) is 3.08. The summed E-state index contributed by atoms with van der Waals surface area (Å²) < 4.78 is 0. The summed E-state index contributed by atoms with van der Waals surface area (Å²) in [7, 11) is 0. The average molecular weight is 286 g/mol. The number of aliphatic carboxylic acids is 1. The Morgan fingerprint density at radius 2 is 2.16 bits per heavy atom. The van der Waals surface area contributed by atoms with Gasteiger partial charge in [-0.15, -0.1) is 0 Å². The van der Waals surface area contributed by atoms with E-state index in [1.54, 1.807) is 11.8 Å². The van der Waals surface area contributed by atoms with E-state index < -0.39 is 12.0 Å². The third kappa shape index (κ3) is 3.42. The van der Waals surface area contributed by atoms with Crippen LogP contribution in [0.4, 0.5) is 0 Å². The van der Waals surface area contributed by atoms with E-state index in [1.165, 1.54) is 0 Å². The maximum Gasteiger partial charge on any atom is 0.326 e. The van der Waals surface area contributed by atoms with Crippen molar-refractivity contribution in [3.63, 3.8) is 0 Å². The van der Waals surface area contributed by atoms with E-state index in [2.05, 4.69) is 10.6 Å². The number of rotatable bonds is 6. The second kappa shape index (κ2) is 6.13. The largest absolute Gasteiger partial charge is 0.480 e. The first-order valence-corrected chi connectivity index (χ1v) is 8.21. The number of carboxylic acid groups (broad SMARTS) is 1. The SMILES string of the molecule is CSCC[C@@H](NC(=O)C1CC12CCNCC2)C(=O)O. The van der Waals surface area contributed by atoms with Crippen molar-refractivity contribution in [3.05, 3.63) is 0 Å². The van der Waals surface area contributed by atoms with Crippen molar-refractivity contribution >= 4 is 23.6 Å². The van der Waals surface area contributed by atoms with Gasteiger partial charge in [0.25, 0.3) is 0 Å². The van der Waals surface area contributed by atoms with Crippen molar-refractivity contribution in [1.29, 1.82) is 0 Å². The lowest BCUT2D eigenvalue weighted by Crippen LogP contribution is -2.43. The van der Waals surface area contributed by atoms with Crippen LogP contribution in [0.5, 0.6) is 0 Å². The van der Waals surface area contributed by atoms with Gasteiger partial charge in [-0.1, -0.05) is 0 Å². The molecule has 1 spiro atoms. The van der Waals surface area contributed by atoms with Gasteiger partial charge in [-0.25, -0.2) is 4.79 Å². The minimum atomic E-state index is -0.928. The summed E-state index contributed by atoms with van der Waals surface area (Å²) in [6.07, 6.45) is 5.42. The Morgan fingerprint density at radius 1 is 1.47 bits per heavy atom. The first-order chi connectivity index (χ1) is 9.09. The van der Waals surface area contributed by atoms with Crippen LogP contribution in [0.15, 0.2) is 0 Å². The molecular formula is C13H22N2O3S. The van der Waals surface area contributed by atoms with Gasteiger partial charge >= 0.3 is 5.97 Å². The molecule has 1 unspecified atom stereocenters. The molecular weight excluding hydrogens is 264 g/mol. The topological polar surface area (TPSA) is 78.4 Å². The van der Waals surface area contributed by atoms with Gasteiger partial charge in [0.05, 0.1) is 0 Å². The van der Waals surface area contributed by atoms with E-state index in [0.29, 0.717) is 6.42 Å². The van der Waals surface area contributed by atoms with Crippen LogP contribution in [-0.2, 0) is 9.59 Å². The number of carbonyl (C=O) groups is 2. The molecule has 5 nitrogen and oxygen atoms in total. The molecule has 2 atom stereocenters. The molecule has 1 saturated heterocycles. The predicted molar refractivity (Wildman–Crippen MR) is 75.2 cm³/mol. The number of thioether (sulfide) groups is 1. The molecule has 108 valence electrons. The van der Waals surface area contributed by atoms with Gasteiger partial charge in [0.2, 0.25) is 5.91 Å². The Hall–Kier alpha value is -0.750. The summed E-state index contributed by atoms with van der Waals surface area (Å²) in [4.78, 5) is 23.3. The van der Waals surface area contributed by atoms with Crippen molar-refractivity contribution in [2.24, 2.45) is 11.3 Å². The number of carbonyl (C=O) groups excluding carboxylic acids is 1. The molecule has 0 aromatic rings. The van der Waals surface area contributed by atoms with E-state index in [0.717, 1.165) is 38.1 Å². The number of piperidine rings is 1. The van der Waals surface area contributed by atoms with E-state index in [4.69, 9.17) is 5.11 Å². The highest BCUT2D eigenvalue weighted by atomic mass is 32.2. The van der Waals surface area contributed by atoms with Crippen molar-refractivity contribution in [3.8, 4) is 0 Å². The lowest BCUT2D eigenvalue weighted by atomic mass is 9.91. The maximum absolute atomic E-state index is 12.2. The molecule has 1 amide bonds. The highest BCUT2D eigenvalue weighted by Crippen LogP contribution is 2.58. The van der Waals surface area contributed by atoms with Gasteiger partial charge in [0.15, 0.2) is 0 Å². The normalized spacial score (nSPS) is 25.8. The third-order valence-corrected chi connectivity index (χ3v) is 4.97. The molecule has 0 bridgehead atoms. The number of carboxylic acids is 1. The standard InChI is InChI=1S/C13H22N2O3S/c1-19-7-2-10(12(17)18)15-11(16)9-8-13(9)3-5-14-6-4-13/h9-10,14H,2-8H2,1H3,(H,15,16)(H,17,18)/t9?,10-/m1/s1. The quantitative estimate of drug-likeness (QED) is 0.670. The first kappa shape index (κ1) is 14.7. The molecule has 2 rings (SSSR count). The molecule has 2 aliphatic rings. The fraction of sp³-hybridized carbons (Fsp3) is 0.846. The molecule has 0 aromatic heterocycles. The minimum absolute atomic E-state index is 0.0331. The van der Waals surface area contributed by atoms with Gasteiger partial charge in [0.1, 0.15) is 6.04 Å². The highest BCUT2D eigenvalue weighted by Gasteiger charge is 2.57. The number of hydrogen-bond donors (Lipinski definition) is 3. The monoisotopic (exact) mass is 286 g/mol. The smallest absolute Gasteiger partial charge is 0.326 e. The van der Waals surface area contributed by atoms with Gasteiger partial charge in [0, 0.05) is 5.92 Å². The van der Waals surface area contributed by atoms with Crippen LogP contribution in [0.3, 0.4) is 0 Å². The van der Waals surface area contributed by atoms with Crippen molar-refractivity contribution in [2.75, 3.05) is 25.1 Å². The van der Waals surface area contributed by atoms with Gasteiger partial charge in [-0.3, -0.25) is 4.79 Å². The second-order valence-electron chi connectivity index (χ2n) is 5.55. The number of nitrogens with one attached hydrogen (secondary N) is 2. The Morgan fingerprint density at radius 3 is 2.74 bits per heavy atom. The molecule has 1 heterocycles. The second-order valence-corrected chi connectivity index (χ2v) is 6.54. The fourth-order valence-corrected chi connectivity index (χ4v) is 3.43. The van der Waals surface area contributed by atoms with E-state index in [-0.39, 0.29) is 17.2 Å². The first-order valence-electron chi connectivity index (χ1n) is 6.82. The molecule has 0 radical (unpaired) electrons. The molecule has 1 aliphatic heterocycles. The lowest BCUT2D eigenvalue weighted by Gasteiger charge is -2.23. The maximum atomic E-state index is 12.2. The summed E-state index contributed by atoms with van der Waals surface area (Å²) in [5, 5.41) is 15.1. The molecule has 0 aromatic carbocycles. The van der Waals surface area contributed by atoms with E-state index in [1.807, 2.05) is 6.26 Å². The van der Waals surface area contributed by atoms with Gasteiger partial charge in [-0.2, -0.15) is 11.8 Å². The summed E-state index contributed by atoms with van der Waals surface area (Å²) in [6, 6.07) is -0.737. The van der Waals surface area contributed by atoms with Crippen molar-refractivity contribution in [2.45, 2.75) is 31.7 Å². The van der Waals surface area contributed by atoms with Crippen molar-refractivity contribution in [1.82, 2.24) is 10.6 Å². The third-order valence-electron chi connectivity index (χ3n) is 4.33. The Bertz CT molecular complexity index is 356. The zero-order valence-electron chi connectivity index (χ0n) is 11.3. The van der Waals surface area contributed by atoms with Gasteiger partial charge in [-0.05, 0) is 56.2 Å². The molecule has 2 fully saturated rings. The van der Waals surface area contributed by atoms with Crippen LogP contribution in [0.1, 0.15) is 25.7 Å². The number of hydrogen-bond acceptors (Lipinski definition) is 4. The van der Waals surface area contributed by atoms with Crippen LogP contribution >= 0.6 is 11.8 Å². The zero-order valence-corrected chi connectivity index (χ0v) is 12.1. The summed E-state index contributed by atoms with van der Waals surface area (Å²) in [5.41, 5.74) is 0.165. The lowest BCUT2D eigenvalue weighted by molar-refractivity contribution is -0.142. The van der Waals surface area contributed by atoms with Crippen LogP contribution < -0.4 is 10.6 Å². The summed E-state index contributed by atoms with van der Waals surface area (Å²) >= 11 is 1.60. The Balaban J connectivity index is 1.84. The van der Waals surface area contributed by atoms with Crippen LogP contribution in [0, 0.1) is 11.3 Å². The van der Waals surface area contributed by atoms with Crippen LogP contribution in [0.2, 0.25) is 0 Å².